The number of hydrogen-bond donors (Lipinski definition) is 3. The van der Waals surface area contributed by atoms with E-state index in [1.165, 1.54) is 0 Å². The average Bonchev–Trinajstić information content (AvgIpc) is 2.98. The van der Waals surface area contributed by atoms with Crippen LogP contribution in [0.4, 0.5) is 17.3 Å². The zero-order chi connectivity index (χ0) is 18.0. The van der Waals surface area contributed by atoms with E-state index >= 15 is 0 Å². The monoisotopic (exact) mass is 358 g/mol. The van der Waals surface area contributed by atoms with Gasteiger partial charge in [0.1, 0.15) is 0 Å². The number of H-pyrrole nitrogens is 1. The molecule has 0 unspecified atom stereocenters. The van der Waals surface area contributed by atoms with Crippen LogP contribution in [-0.4, -0.2) is 34.1 Å². The van der Waals surface area contributed by atoms with Gasteiger partial charge in [0.15, 0.2) is 0 Å². The first-order valence-corrected chi connectivity index (χ1v) is 8.44. The Labute approximate surface area is 150 Å². The molecule has 25 heavy (non-hydrogen) atoms. The molecule has 0 amide bonds. The number of benzene rings is 2. The Hall–Kier alpha value is -2.73. The van der Waals surface area contributed by atoms with Crippen LogP contribution in [0, 0.1) is 0 Å². The third kappa shape index (κ3) is 3.53. The molecule has 0 aliphatic carbocycles. The normalized spacial score (nSPS) is 10.8. The van der Waals surface area contributed by atoms with Crippen molar-refractivity contribution in [2.75, 3.05) is 23.3 Å². The van der Waals surface area contributed by atoms with Gasteiger partial charge in [-0.05, 0) is 50.2 Å². The second-order valence-electron chi connectivity index (χ2n) is 5.58. The van der Waals surface area contributed by atoms with Crippen LogP contribution in [0.3, 0.4) is 0 Å². The zero-order valence-electron chi connectivity index (χ0n) is 14.0. The predicted octanol–water partition coefficient (Wildman–Crippen LogP) is 4.50. The molecule has 0 radical (unpaired) electrons. The van der Waals surface area contributed by atoms with Crippen LogP contribution < -0.4 is 10.2 Å². The van der Waals surface area contributed by atoms with Gasteiger partial charge in [-0.1, -0.05) is 11.6 Å². The third-order valence-electron chi connectivity index (χ3n) is 4.04. The number of carboxylic acid groups (broad SMARTS) is 1. The minimum atomic E-state index is -0.953. The topological polar surface area (TPSA) is 81.2 Å². The minimum absolute atomic E-state index is 0.262. The second kappa shape index (κ2) is 7.03. The lowest BCUT2D eigenvalue weighted by molar-refractivity contribution is 0.0697. The first-order valence-electron chi connectivity index (χ1n) is 8.06. The molecule has 0 atom stereocenters. The molecule has 0 fully saturated rings. The molecule has 3 rings (SSSR count). The van der Waals surface area contributed by atoms with E-state index in [-0.39, 0.29) is 5.56 Å². The average molecular weight is 359 g/mol. The smallest absolute Gasteiger partial charge is 0.337 e. The molecule has 0 aliphatic rings. The summed E-state index contributed by atoms with van der Waals surface area (Å²) in [4.78, 5) is 21.3. The van der Waals surface area contributed by atoms with Gasteiger partial charge in [0, 0.05) is 23.8 Å². The van der Waals surface area contributed by atoms with Crippen LogP contribution in [0.15, 0.2) is 36.4 Å². The van der Waals surface area contributed by atoms with E-state index in [2.05, 4.69) is 15.3 Å². The molecule has 7 heteroatoms. The number of aromatic nitrogens is 2. The van der Waals surface area contributed by atoms with Gasteiger partial charge in [0.25, 0.3) is 0 Å². The fourth-order valence-corrected chi connectivity index (χ4v) is 2.90. The number of rotatable bonds is 6. The van der Waals surface area contributed by atoms with E-state index in [0.717, 1.165) is 18.8 Å². The summed E-state index contributed by atoms with van der Waals surface area (Å²) in [6.45, 7) is 5.44. The van der Waals surface area contributed by atoms with E-state index in [0.29, 0.717) is 27.7 Å². The molecule has 1 heterocycles. The molecule has 0 spiro atoms. The zero-order valence-corrected chi connectivity index (χ0v) is 14.8. The SMILES string of the molecule is CCN(CC)c1cc2nc(Nc3ccc(Cl)cc3)[nH]c2cc1C(=O)O. The highest BCUT2D eigenvalue weighted by atomic mass is 35.5. The Morgan fingerprint density at radius 1 is 1.24 bits per heavy atom. The highest BCUT2D eigenvalue weighted by Gasteiger charge is 2.17. The van der Waals surface area contributed by atoms with E-state index in [4.69, 9.17) is 11.6 Å². The van der Waals surface area contributed by atoms with Crippen LogP contribution in [0.25, 0.3) is 11.0 Å². The Kier molecular flexibility index (Phi) is 4.81. The second-order valence-corrected chi connectivity index (χ2v) is 6.02. The molecule has 3 N–H and O–H groups in total. The maximum atomic E-state index is 11.6. The summed E-state index contributed by atoms with van der Waals surface area (Å²) in [6, 6.07) is 10.7. The number of aromatic amines is 1. The van der Waals surface area contributed by atoms with Crippen molar-refractivity contribution in [1.29, 1.82) is 0 Å². The lowest BCUT2D eigenvalue weighted by Gasteiger charge is -2.22. The van der Waals surface area contributed by atoms with Gasteiger partial charge < -0.3 is 20.3 Å². The van der Waals surface area contributed by atoms with Crippen LogP contribution in [0.1, 0.15) is 24.2 Å². The summed E-state index contributed by atoms with van der Waals surface area (Å²) in [5, 5.41) is 13.4. The van der Waals surface area contributed by atoms with Gasteiger partial charge in [-0.25, -0.2) is 9.78 Å². The molecule has 2 aromatic carbocycles. The van der Waals surface area contributed by atoms with E-state index in [1.807, 2.05) is 36.9 Å². The lowest BCUT2D eigenvalue weighted by Crippen LogP contribution is -2.24. The summed E-state index contributed by atoms with van der Waals surface area (Å²) < 4.78 is 0. The van der Waals surface area contributed by atoms with Crippen molar-refractivity contribution in [3.8, 4) is 0 Å². The summed E-state index contributed by atoms with van der Waals surface area (Å²) >= 11 is 5.89. The molecule has 6 nitrogen and oxygen atoms in total. The number of aromatic carboxylic acids is 1. The van der Waals surface area contributed by atoms with Gasteiger partial charge in [0.05, 0.1) is 22.3 Å². The minimum Gasteiger partial charge on any atom is -0.478 e. The van der Waals surface area contributed by atoms with Crippen LogP contribution >= 0.6 is 11.6 Å². The molecule has 0 saturated heterocycles. The fourth-order valence-electron chi connectivity index (χ4n) is 2.77. The van der Waals surface area contributed by atoms with Crippen LogP contribution in [0.2, 0.25) is 5.02 Å². The van der Waals surface area contributed by atoms with Crippen molar-refractivity contribution in [1.82, 2.24) is 9.97 Å². The summed E-state index contributed by atoms with van der Waals surface area (Å²) in [5.74, 6) is -0.407. The summed E-state index contributed by atoms with van der Waals surface area (Å²) in [6.07, 6.45) is 0. The van der Waals surface area contributed by atoms with Crippen molar-refractivity contribution >= 4 is 45.9 Å². The summed E-state index contributed by atoms with van der Waals surface area (Å²) in [5.41, 5.74) is 3.16. The van der Waals surface area contributed by atoms with Crippen molar-refractivity contribution in [2.45, 2.75) is 13.8 Å². The first kappa shape index (κ1) is 17.1. The summed E-state index contributed by atoms with van der Waals surface area (Å²) in [7, 11) is 0. The predicted molar refractivity (Wildman–Crippen MR) is 101 cm³/mol. The standard InChI is InChI=1S/C18H19ClN4O2/c1-3-23(4-2)16-10-15-14(9-13(16)17(24)25)21-18(22-15)20-12-7-5-11(19)6-8-12/h5-10H,3-4H2,1-2H3,(H,24,25)(H2,20,21,22). The van der Waals surface area contributed by atoms with Crippen LogP contribution in [0.5, 0.6) is 0 Å². The highest BCUT2D eigenvalue weighted by Crippen LogP contribution is 2.28. The molecule has 1 aromatic heterocycles. The molecular formula is C18H19ClN4O2. The number of hydrogen-bond acceptors (Lipinski definition) is 4. The Morgan fingerprint density at radius 2 is 1.92 bits per heavy atom. The number of anilines is 3. The number of fused-ring (bicyclic) bond motifs is 1. The maximum Gasteiger partial charge on any atom is 0.337 e. The number of halogens is 1. The lowest BCUT2D eigenvalue weighted by atomic mass is 10.1. The van der Waals surface area contributed by atoms with Crippen molar-refractivity contribution < 1.29 is 9.90 Å². The molecule has 0 bridgehead atoms. The quantitative estimate of drug-likeness (QED) is 0.604. The Balaban J connectivity index is 2.01. The van der Waals surface area contributed by atoms with Gasteiger partial charge >= 0.3 is 5.97 Å². The van der Waals surface area contributed by atoms with Gasteiger partial charge in [-0.15, -0.1) is 0 Å². The molecule has 0 aliphatic heterocycles. The van der Waals surface area contributed by atoms with E-state index in [1.54, 1.807) is 18.2 Å². The van der Waals surface area contributed by atoms with E-state index < -0.39 is 5.97 Å². The number of carbonyl (C=O) groups is 1. The first-order chi connectivity index (χ1) is 12.0. The number of carboxylic acids is 1. The number of imidazole rings is 1. The third-order valence-corrected chi connectivity index (χ3v) is 4.29. The number of nitrogens with zero attached hydrogens (tertiary/aromatic N) is 2. The Morgan fingerprint density at radius 3 is 2.52 bits per heavy atom. The van der Waals surface area contributed by atoms with Gasteiger partial charge in [-0.3, -0.25) is 0 Å². The van der Waals surface area contributed by atoms with Gasteiger partial charge in [0.2, 0.25) is 5.95 Å². The van der Waals surface area contributed by atoms with E-state index in [9.17, 15) is 9.90 Å². The van der Waals surface area contributed by atoms with Gasteiger partial charge in [-0.2, -0.15) is 0 Å². The van der Waals surface area contributed by atoms with Crippen molar-refractivity contribution in [3.63, 3.8) is 0 Å². The Bertz CT molecular complexity index is 901. The molecule has 130 valence electrons. The largest absolute Gasteiger partial charge is 0.478 e. The molecular weight excluding hydrogens is 340 g/mol. The maximum absolute atomic E-state index is 11.6. The van der Waals surface area contributed by atoms with Crippen LogP contribution in [-0.2, 0) is 0 Å². The van der Waals surface area contributed by atoms with Crippen molar-refractivity contribution in [3.05, 3.63) is 47.0 Å². The van der Waals surface area contributed by atoms with Crippen molar-refractivity contribution in [2.24, 2.45) is 0 Å². The molecule has 3 aromatic rings. The fraction of sp³-hybridized carbons (Fsp3) is 0.222. The molecule has 0 saturated carbocycles. The highest BCUT2D eigenvalue weighted by molar-refractivity contribution is 6.30. The number of nitrogens with one attached hydrogen (secondary N) is 2.